The number of alkyl halides is 3. The Labute approximate surface area is 175 Å². The average molecular weight is 504 g/mol. The molecule has 0 aliphatic heterocycles. The smallest absolute Gasteiger partial charge is 0.356 e. The van der Waals surface area contributed by atoms with Crippen molar-refractivity contribution in [3.63, 3.8) is 0 Å². The number of benzene rings is 1. The number of hydrogen-bond donors (Lipinski definition) is 2. The second-order valence-electron chi connectivity index (χ2n) is 6.43. The van der Waals surface area contributed by atoms with Gasteiger partial charge in [0.15, 0.2) is 5.96 Å². The van der Waals surface area contributed by atoms with Crippen molar-refractivity contribution in [3.8, 4) is 0 Å². The van der Waals surface area contributed by atoms with E-state index in [1.165, 1.54) is 0 Å². The molecule has 0 fully saturated rings. The summed E-state index contributed by atoms with van der Waals surface area (Å²) in [4.78, 5) is 6.25. The van der Waals surface area contributed by atoms with Gasteiger partial charge in [-0.1, -0.05) is 6.07 Å². The van der Waals surface area contributed by atoms with Gasteiger partial charge in [0.2, 0.25) is 0 Å². The molecule has 0 saturated heterocycles. The summed E-state index contributed by atoms with van der Waals surface area (Å²) in [6, 6.07) is 3.17. The molecule has 0 aliphatic rings. The summed E-state index contributed by atoms with van der Waals surface area (Å²) in [5.74, 6) is -0.491. The molecular weight excluding hydrogens is 475 g/mol. The lowest BCUT2D eigenvalue weighted by molar-refractivity contribution is -0.138. The molecule has 9 heteroatoms. The van der Waals surface area contributed by atoms with Crippen LogP contribution in [0.15, 0.2) is 23.2 Å². The Bertz CT molecular complexity index is 591. The molecule has 1 rings (SSSR count). The third-order valence-electron chi connectivity index (χ3n) is 4.16. The minimum Gasteiger partial charge on any atom is -0.356 e. The second-order valence-corrected chi connectivity index (χ2v) is 6.43. The molecule has 0 atom stereocenters. The zero-order valence-corrected chi connectivity index (χ0v) is 18.5. The van der Waals surface area contributed by atoms with E-state index in [0.29, 0.717) is 24.6 Å². The molecule has 1 aromatic carbocycles. The number of rotatable bonds is 8. The molecule has 0 bridgehead atoms. The Morgan fingerprint density at radius 3 is 2.41 bits per heavy atom. The standard InChI is InChI=1S/C18H28F4N4.HI/c1-13(2)26(4)10-6-5-9-24-17(23-3)25-12-14-7-8-15(19)11-16(14)18(20,21)22;/h7-8,11,13H,5-6,9-10,12H2,1-4H3,(H2,23,24,25);1H. The molecular formula is C18H29F4IN4. The van der Waals surface area contributed by atoms with E-state index in [0.717, 1.165) is 31.5 Å². The highest BCUT2D eigenvalue weighted by atomic mass is 127. The normalized spacial score (nSPS) is 12.3. The van der Waals surface area contributed by atoms with Crippen LogP contribution >= 0.6 is 24.0 Å². The zero-order chi connectivity index (χ0) is 19.7. The van der Waals surface area contributed by atoms with Gasteiger partial charge in [-0.15, -0.1) is 24.0 Å². The highest BCUT2D eigenvalue weighted by Gasteiger charge is 2.33. The third-order valence-corrected chi connectivity index (χ3v) is 4.16. The van der Waals surface area contributed by atoms with E-state index in [1.54, 1.807) is 7.05 Å². The Morgan fingerprint density at radius 2 is 1.85 bits per heavy atom. The third kappa shape index (κ3) is 9.59. The molecule has 0 aromatic heterocycles. The fourth-order valence-electron chi connectivity index (χ4n) is 2.32. The maximum Gasteiger partial charge on any atom is 0.416 e. The van der Waals surface area contributed by atoms with Crippen LogP contribution in [-0.2, 0) is 12.7 Å². The van der Waals surface area contributed by atoms with E-state index >= 15 is 0 Å². The quantitative estimate of drug-likeness (QED) is 0.183. The van der Waals surface area contributed by atoms with Gasteiger partial charge in [0.25, 0.3) is 0 Å². The van der Waals surface area contributed by atoms with Gasteiger partial charge >= 0.3 is 6.18 Å². The summed E-state index contributed by atoms with van der Waals surface area (Å²) in [5, 5.41) is 5.92. The molecule has 0 spiro atoms. The summed E-state index contributed by atoms with van der Waals surface area (Å²) >= 11 is 0. The monoisotopic (exact) mass is 504 g/mol. The molecule has 0 aliphatic carbocycles. The van der Waals surface area contributed by atoms with E-state index < -0.39 is 17.6 Å². The minimum atomic E-state index is -4.60. The Morgan fingerprint density at radius 1 is 1.19 bits per heavy atom. The lowest BCUT2D eigenvalue weighted by Gasteiger charge is -2.20. The predicted octanol–water partition coefficient (Wildman–Crippen LogP) is 4.25. The van der Waals surface area contributed by atoms with E-state index in [4.69, 9.17) is 0 Å². The number of guanidine groups is 1. The molecule has 0 unspecified atom stereocenters. The first-order valence-corrected chi connectivity index (χ1v) is 8.65. The van der Waals surface area contributed by atoms with E-state index in [1.807, 2.05) is 0 Å². The van der Waals surface area contributed by atoms with Crippen molar-refractivity contribution in [1.82, 2.24) is 15.5 Å². The Balaban J connectivity index is 0.00000676. The Kier molecular flexibility index (Phi) is 11.9. The Hall–Kier alpha value is -1.10. The predicted molar refractivity (Wildman–Crippen MR) is 112 cm³/mol. The fourth-order valence-corrected chi connectivity index (χ4v) is 2.32. The maximum absolute atomic E-state index is 13.1. The highest BCUT2D eigenvalue weighted by Crippen LogP contribution is 2.32. The lowest BCUT2D eigenvalue weighted by Crippen LogP contribution is -2.38. The first-order chi connectivity index (χ1) is 12.1. The fraction of sp³-hybridized carbons (Fsp3) is 0.611. The number of unbranched alkanes of at least 4 members (excludes halogenated alkanes) is 1. The number of nitrogens with one attached hydrogen (secondary N) is 2. The molecule has 156 valence electrons. The number of halogens is 5. The summed E-state index contributed by atoms with van der Waals surface area (Å²) in [6.45, 7) is 5.82. The first-order valence-electron chi connectivity index (χ1n) is 8.65. The van der Waals surface area contributed by atoms with Crippen molar-refractivity contribution < 1.29 is 17.6 Å². The van der Waals surface area contributed by atoms with Crippen LogP contribution in [0.3, 0.4) is 0 Å². The number of nitrogens with zero attached hydrogens (tertiary/aromatic N) is 2. The van der Waals surface area contributed by atoms with Gasteiger partial charge in [-0.2, -0.15) is 13.2 Å². The van der Waals surface area contributed by atoms with Crippen molar-refractivity contribution >= 4 is 29.9 Å². The molecule has 1 aromatic rings. The van der Waals surface area contributed by atoms with Crippen molar-refractivity contribution in [2.45, 2.75) is 45.5 Å². The average Bonchev–Trinajstić information content (AvgIpc) is 2.56. The van der Waals surface area contributed by atoms with Crippen molar-refractivity contribution in [1.29, 1.82) is 0 Å². The molecule has 0 saturated carbocycles. The van der Waals surface area contributed by atoms with Gasteiger partial charge < -0.3 is 15.5 Å². The summed E-state index contributed by atoms with van der Waals surface area (Å²) in [7, 11) is 3.62. The van der Waals surface area contributed by atoms with E-state index in [-0.39, 0.29) is 36.1 Å². The molecule has 0 amide bonds. The lowest BCUT2D eigenvalue weighted by atomic mass is 10.1. The summed E-state index contributed by atoms with van der Waals surface area (Å²) in [6.07, 6.45) is -2.67. The van der Waals surface area contributed by atoms with Crippen LogP contribution in [0.2, 0.25) is 0 Å². The van der Waals surface area contributed by atoms with Gasteiger partial charge in [-0.05, 0) is 58.0 Å². The van der Waals surface area contributed by atoms with Crippen molar-refractivity contribution in [3.05, 3.63) is 35.1 Å². The van der Waals surface area contributed by atoms with Crippen molar-refractivity contribution in [2.24, 2.45) is 4.99 Å². The van der Waals surface area contributed by atoms with Crippen LogP contribution in [0.5, 0.6) is 0 Å². The minimum absolute atomic E-state index is 0. The van der Waals surface area contributed by atoms with Gasteiger partial charge in [0.05, 0.1) is 5.56 Å². The zero-order valence-electron chi connectivity index (χ0n) is 16.2. The summed E-state index contributed by atoms with van der Waals surface area (Å²) in [5.41, 5.74) is -1.00. The number of hydrogen-bond acceptors (Lipinski definition) is 2. The largest absolute Gasteiger partial charge is 0.416 e. The van der Waals surface area contributed by atoms with Crippen LogP contribution in [0.1, 0.15) is 37.8 Å². The molecule has 2 N–H and O–H groups in total. The van der Waals surface area contributed by atoms with Crippen LogP contribution in [-0.4, -0.2) is 44.1 Å². The first kappa shape index (κ1) is 25.9. The molecule has 27 heavy (non-hydrogen) atoms. The van der Waals surface area contributed by atoms with E-state index in [2.05, 4.69) is 41.4 Å². The summed E-state index contributed by atoms with van der Waals surface area (Å²) < 4.78 is 52.1. The van der Waals surface area contributed by atoms with Gasteiger partial charge in [0.1, 0.15) is 5.82 Å². The van der Waals surface area contributed by atoms with Gasteiger partial charge in [-0.25, -0.2) is 4.39 Å². The van der Waals surface area contributed by atoms with Crippen LogP contribution in [0, 0.1) is 5.82 Å². The van der Waals surface area contributed by atoms with Crippen molar-refractivity contribution in [2.75, 3.05) is 27.2 Å². The topological polar surface area (TPSA) is 39.7 Å². The van der Waals surface area contributed by atoms with E-state index in [9.17, 15) is 17.6 Å². The van der Waals surface area contributed by atoms with Gasteiger partial charge in [-0.3, -0.25) is 4.99 Å². The second kappa shape index (κ2) is 12.4. The molecule has 0 heterocycles. The SMILES string of the molecule is CN=C(NCCCCN(C)C(C)C)NCc1ccc(F)cc1C(F)(F)F.I. The molecule has 0 radical (unpaired) electrons. The van der Waals surface area contributed by atoms with Crippen LogP contribution in [0.25, 0.3) is 0 Å². The van der Waals surface area contributed by atoms with Gasteiger partial charge in [0, 0.05) is 26.2 Å². The van der Waals surface area contributed by atoms with Crippen LogP contribution < -0.4 is 10.6 Å². The van der Waals surface area contributed by atoms with Crippen LogP contribution in [0.4, 0.5) is 17.6 Å². The number of aliphatic imine (C=N–C) groups is 1. The highest BCUT2D eigenvalue weighted by molar-refractivity contribution is 14.0. The maximum atomic E-state index is 13.1. The molecule has 4 nitrogen and oxygen atoms in total.